The van der Waals surface area contributed by atoms with E-state index in [0.29, 0.717) is 18.5 Å². The summed E-state index contributed by atoms with van der Waals surface area (Å²) in [6.07, 6.45) is 0.971. The van der Waals surface area contributed by atoms with Crippen molar-refractivity contribution in [3.63, 3.8) is 0 Å². The van der Waals surface area contributed by atoms with Crippen molar-refractivity contribution in [2.75, 3.05) is 11.9 Å². The van der Waals surface area contributed by atoms with E-state index in [1.165, 1.54) is 6.07 Å². The Hall–Kier alpha value is -1.28. The van der Waals surface area contributed by atoms with Gasteiger partial charge in [-0.15, -0.1) is 0 Å². The fourth-order valence-electron chi connectivity index (χ4n) is 2.06. The van der Waals surface area contributed by atoms with Crippen LogP contribution in [0.2, 0.25) is 0 Å². The summed E-state index contributed by atoms with van der Waals surface area (Å²) in [5.74, 6) is 0. The summed E-state index contributed by atoms with van der Waals surface area (Å²) in [4.78, 5) is 0.841. The highest BCUT2D eigenvalue weighted by atomic mass is 32.2. The van der Waals surface area contributed by atoms with Gasteiger partial charge in [-0.1, -0.05) is 6.07 Å². The first-order valence-electron chi connectivity index (χ1n) is 5.57. The number of alkyl halides is 3. The molecule has 0 saturated heterocycles. The van der Waals surface area contributed by atoms with Crippen molar-refractivity contribution in [1.29, 1.82) is 0 Å². The molecule has 0 amide bonds. The average Bonchev–Trinajstić information content (AvgIpc) is 2.32. The third kappa shape index (κ3) is 2.30. The zero-order valence-corrected chi connectivity index (χ0v) is 10.9. The van der Waals surface area contributed by atoms with E-state index in [4.69, 9.17) is 5.73 Å². The van der Waals surface area contributed by atoms with Crippen LogP contribution < -0.4 is 10.6 Å². The lowest BCUT2D eigenvalue weighted by atomic mass is 10.0. The molecule has 0 saturated carbocycles. The number of benzene rings is 1. The molecule has 0 aromatic heterocycles. The molecule has 19 heavy (non-hydrogen) atoms. The van der Waals surface area contributed by atoms with Gasteiger partial charge < -0.3 is 10.6 Å². The van der Waals surface area contributed by atoms with E-state index in [0.717, 1.165) is 17.7 Å². The topological polar surface area (TPSA) is 63.4 Å². The van der Waals surface area contributed by atoms with Gasteiger partial charge in [0.25, 0.3) is 9.84 Å². The zero-order valence-electron chi connectivity index (χ0n) is 10.1. The number of sulfone groups is 1. The van der Waals surface area contributed by atoms with Crippen molar-refractivity contribution in [3.05, 3.63) is 23.8 Å². The fraction of sp³-hybridized carbons (Fsp3) is 0.455. The number of nitrogens with zero attached hydrogens (tertiary/aromatic N) is 1. The highest BCUT2D eigenvalue weighted by Crippen LogP contribution is 2.35. The molecular formula is C11H13F3N2O2S. The Morgan fingerprint density at radius 1 is 1.37 bits per heavy atom. The molecule has 0 radical (unpaired) electrons. The molecule has 1 atom stereocenters. The minimum absolute atomic E-state index is 0.323. The largest absolute Gasteiger partial charge is 0.501 e. The number of aryl methyl sites for hydroxylation is 1. The maximum Gasteiger partial charge on any atom is 0.501 e. The molecular weight excluding hydrogens is 281 g/mol. The molecule has 0 spiro atoms. The number of nitrogens with two attached hydrogens (primary N) is 1. The van der Waals surface area contributed by atoms with Gasteiger partial charge in [0.05, 0.1) is 11.1 Å². The second-order valence-corrected chi connectivity index (χ2v) is 6.40. The highest BCUT2D eigenvalue weighted by molar-refractivity contribution is 7.92. The SMILES string of the molecule is CN1c2cc(S(=O)(=O)C(F)(F)F)ccc2CCC1N. The first kappa shape index (κ1) is 14.1. The number of anilines is 1. The molecule has 8 heteroatoms. The lowest BCUT2D eigenvalue weighted by Gasteiger charge is -2.33. The first-order chi connectivity index (χ1) is 8.64. The van der Waals surface area contributed by atoms with Gasteiger partial charge in [0.2, 0.25) is 0 Å². The molecule has 1 heterocycles. The molecule has 2 rings (SSSR count). The normalized spacial score (nSPS) is 20.3. The number of hydrogen-bond donors (Lipinski definition) is 1. The van der Waals surface area contributed by atoms with Crippen molar-refractivity contribution >= 4 is 15.5 Å². The van der Waals surface area contributed by atoms with Crippen LogP contribution in [0.25, 0.3) is 0 Å². The second-order valence-electron chi connectivity index (χ2n) is 4.46. The quantitative estimate of drug-likeness (QED) is 0.855. The second kappa shape index (κ2) is 4.38. The van der Waals surface area contributed by atoms with Gasteiger partial charge in [-0.05, 0) is 30.5 Å². The minimum Gasteiger partial charge on any atom is -0.359 e. The fourth-order valence-corrected chi connectivity index (χ4v) is 2.84. The van der Waals surface area contributed by atoms with Crippen molar-refractivity contribution in [2.45, 2.75) is 29.4 Å². The summed E-state index contributed by atoms with van der Waals surface area (Å²) in [6, 6.07) is 3.44. The first-order valence-corrected chi connectivity index (χ1v) is 7.05. The maximum atomic E-state index is 12.5. The lowest BCUT2D eigenvalue weighted by Crippen LogP contribution is -2.42. The van der Waals surface area contributed by atoms with E-state index in [1.807, 2.05) is 0 Å². The van der Waals surface area contributed by atoms with Gasteiger partial charge in [0, 0.05) is 12.7 Å². The van der Waals surface area contributed by atoms with Gasteiger partial charge >= 0.3 is 5.51 Å². The van der Waals surface area contributed by atoms with E-state index in [-0.39, 0.29) is 6.17 Å². The summed E-state index contributed by atoms with van der Waals surface area (Å²) in [5, 5.41) is 0. The number of fused-ring (bicyclic) bond motifs is 1. The molecule has 1 aliphatic heterocycles. The maximum absolute atomic E-state index is 12.5. The predicted octanol–water partition coefficient (Wildman–Crippen LogP) is 1.65. The van der Waals surface area contributed by atoms with Crippen LogP contribution in [0.4, 0.5) is 18.9 Å². The van der Waals surface area contributed by atoms with E-state index in [2.05, 4.69) is 0 Å². The van der Waals surface area contributed by atoms with E-state index in [1.54, 1.807) is 11.9 Å². The van der Waals surface area contributed by atoms with E-state index >= 15 is 0 Å². The van der Waals surface area contributed by atoms with Gasteiger partial charge in [0.15, 0.2) is 0 Å². The van der Waals surface area contributed by atoms with Gasteiger partial charge in [0.1, 0.15) is 0 Å². The van der Waals surface area contributed by atoms with Crippen LogP contribution in [0.3, 0.4) is 0 Å². The minimum atomic E-state index is -5.32. The Balaban J connectivity index is 2.53. The molecule has 2 N–H and O–H groups in total. The zero-order chi connectivity index (χ0) is 14.4. The third-order valence-electron chi connectivity index (χ3n) is 3.26. The van der Waals surface area contributed by atoms with E-state index < -0.39 is 20.2 Å². The summed E-state index contributed by atoms with van der Waals surface area (Å²) in [7, 11) is -3.69. The van der Waals surface area contributed by atoms with Crippen LogP contribution >= 0.6 is 0 Å². The summed E-state index contributed by atoms with van der Waals surface area (Å²) < 4.78 is 60.2. The molecule has 4 nitrogen and oxygen atoms in total. The molecule has 0 bridgehead atoms. The van der Waals surface area contributed by atoms with Gasteiger partial charge in [-0.2, -0.15) is 13.2 Å². The van der Waals surface area contributed by atoms with Crippen molar-refractivity contribution in [3.8, 4) is 0 Å². The predicted molar refractivity (Wildman–Crippen MR) is 64.4 cm³/mol. The summed E-state index contributed by atoms with van der Waals surface area (Å²) in [6.45, 7) is 0. The molecule has 1 aromatic carbocycles. The molecule has 1 aliphatic rings. The number of rotatable bonds is 1. The van der Waals surface area contributed by atoms with Crippen molar-refractivity contribution in [2.24, 2.45) is 5.73 Å². The van der Waals surface area contributed by atoms with Crippen LogP contribution in [0.1, 0.15) is 12.0 Å². The van der Waals surface area contributed by atoms with E-state index in [9.17, 15) is 21.6 Å². The summed E-state index contributed by atoms with van der Waals surface area (Å²) in [5.41, 5.74) is 1.73. The monoisotopic (exact) mass is 294 g/mol. The van der Waals surface area contributed by atoms with Gasteiger partial charge in [-0.3, -0.25) is 0 Å². The van der Waals surface area contributed by atoms with Crippen LogP contribution in [-0.2, 0) is 16.3 Å². The van der Waals surface area contributed by atoms with Crippen molar-refractivity contribution < 1.29 is 21.6 Å². The standard InChI is InChI=1S/C11H13F3N2O2S/c1-16-9-6-8(19(17,18)11(12,13)14)4-2-7(9)3-5-10(16)15/h2,4,6,10H,3,5,15H2,1H3. The Morgan fingerprint density at radius 2 is 2.00 bits per heavy atom. The van der Waals surface area contributed by atoms with Crippen LogP contribution in [0, 0.1) is 0 Å². The number of halogens is 3. The van der Waals surface area contributed by atoms with Crippen LogP contribution in [0.15, 0.2) is 23.1 Å². The summed E-state index contributed by atoms with van der Waals surface area (Å²) >= 11 is 0. The van der Waals surface area contributed by atoms with Crippen LogP contribution in [-0.4, -0.2) is 27.1 Å². The molecule has 0 fully saturated rings. The Kier molecular flexibility index (Phi) is 3.26. The van der Waals surface area contributed by atoms with Crippen molar-refractivity contribution in [1.82, 2.24) is 0 Å². The Bertz CT molecular complexity index is 598. The molecule has 1 aromatic rings. The Labute approximate surface area is 108 Å². The smallest absolute Gasteiger partial charge is 0.359 e. The molecule has 1 unspecified atom stereocenters. The van der Waals surface area contributed by atoms with Gasteiger partial charge in [-0.25, -0.2) is 8.42 Å². The Morgan fingerprint density at radius 3 is 2.58 bits per heavy atom. The average molecular weight is 294 g/mol. The highest BCUT2D eigenvalue weighted by Gasteiger charge is 2.47. The lowest BCUT2D eigenvalue weighted by molar-refractivity contribution is -0.0436. The third-order valence-corrected chi connectivity index (χ3v) is 4.74. The number of hydrogen-bond acceptors (Lipinski definition) is 4. The molecule has 106 valence electrons. The molecule has 0 aliphatic carbocycles. The van der Waals surface area contributed by atoms with Crippen LogP contribution in [0.5, 0.6) is 0 Å².